The van der Waals surface area contributed by atoms with Crippen LogP contribution in [0.2, 0.25) is 0 Å². The average Bonchev–Trinajstić information content (AvgIpc) is 3.17. The lowest BCUT2D eigenvalue weighted by atomic mass is 10.0. The second kappa shape index (κ2) is 40.8. The summed E-state index contributed by atoms with van der Waals surface area (Å²) in [5, 5.41) is 9.62. The van der Waals surface area contributed by atoms with Crippen molar-refractivity contribution in [2.45, 2.75) is 244 Å². The van der Waals surface area contributed by atoms with Crippen LogP contribution in [-0.4, -0.2) is 80.6 Å². The van der Waals surface area contributed by atoms with Crippen molar-refractivity contribution in [1.29, 1.82) is 0 Å². The molecule has 0 aliphatic carbocycles. The monoisotopic (exact) mass is 809 g/mol. The summed E-state index contributed by atoms with van der Waals surface area (Å²) in [5.41, 5.74) is 0. The molecule has 0 aromatic heterocycles. The normalized spacial score (nSPS) is 12.9. The number of unbranched alkanes of at least 4 members (excludes halogenated alkanes) is 28. The molecular formula is C49H94NO7+. The lowest BCUT2D eigenvalue weighted by Gasteiger charge is -2.31. The molecule has 0 saturated heterocycles. The highest BCUT2D eigenvalue weighted by Crippen LogP contribution is 2.16. The summed E-state index contributed by atoms with van der Waals surface area (Å²) in [4.78, 5) is 37.0. The topological polar surface area (TPSA) is 99.1 Å². The van der Waals surface area contributed by atoms with Gasteiger partial charge in [-0.25, -0.2) is 4.79 Å². The molecule has 0 aromatic carbocycles. The molecule has 336 valence electrons. The lowest BCUT2D eigenvalue weighted by molar-refractivity contribution is -0.887. The second-order valence-corrected chi connectivity index (χ2v) is 17.7. The van der Waals surface area contributed by atoms with Gasteiger partial charge in [0, 0.05) is 19.3 Å². The van der Waals surface area contributed by atoms with E-state index in [1.165, 1.54) is 148 Å². The smallest absolute Gasteiger partial charge is 0.362 e. The van der Waals surface area contributed by atoms with Gasteiger partial charge >= 0.3 is 17.9 Å². The number of aliphatic carboxylic acids is 1. The highest BCUT2D eigenvalue weighted by atomic mass is 16.6. The fraction of sp³-hybridized carbons (Fsp3) is 0.898. The van der Waals surface area contributed by atoms with Gasteiger partial charge in [-0.1, -0.05) is 187 Å². The van der Waals surface area contributed by atoms with E-state index in [0.29, 0.717) is 19.3 Å². The minimum absolute atomic E-state index is 0.0481. The first-order valence-electron chi connectivity index (χ1n) is 24.2. The first kappa shape index (κ1) is 55.1. The average molecular weight is 809 g/mol. The standard InChI is InChI=1S/C49H93NO7/c1-6-8-10-12-14-16-18-20-21-22-23-24-25-26-27-28-30-31-33-35-37-39-47(51)56-44-45(43-55-42-41-46(49(53)54)50(3,4)5)57-48(52)40-38-36-34-32-29-19-17-15-13-11-9-7-2/h15,17,45-46H,6-14,16,18-44H2,1-5H3/p+1/b17-15-. The van der Waals surface area contributed by atoms with Gasteiger partial charge < -0.3 is 23.8 Å². The number of quaternary nitrogens is 1. The number of rotatable bonds is 44. The van der Waals surface area contributed by atoms with Gasteiger partial charge in [-0.2, -0.15) is 0 Å². The van der Waals surface area contributed by atoms with Gasteiger partial charge in [0.1, 0.15) is 6.61 Å². The van der Waals surface area contributed by atoms with E-state index < -0.39 is 18.1 Å². The van der Waals surface area contributed by atoms with Gasteiger partial charge in [-0.05, 0) is 38.5 Å². The lowest BCUT2D eigenvalue weighted by Crippen LogP contribution is -2.50. The third kappa shape index (κ3) is 39.3. The number of carbonyl (C=O) groups excluding carboxylic acids is 2. The minimum atomic E-state index is -0.873. The Bertz CT molecular complexity index is 947. The van der Waals surface area contributed by atoms with Crippen molar-refractivity contribution in [2.75, 3.05) is 41.0 Å². The zero-order valence-electron chi connectivity index (χ0n) is 38.3. The van der Waals surface area contributed by atoms with Crippen LogP contribution >= 0.6 is 0 Å². The van der Waals surface area contributed by atoms with Crippen molar-refractivity contribution in [1.82, 2.24) is 0 Å². The first-order valence-corrected chi connectivity index (χ1v) is 24.2. The van der Waals surface area contributed by atoms with Gasteiger partial charge in [0.05, 0.1) is 34.4 Å². The number of ether oxygens (including phenoxy) is 3. The number of carboxylic acid groups (broad SMARTS) is 1. The summed E-state index contributed by atoms with van der Waals surface area (Å²) in [7, 11) is 5.53. The number of nitrogens with zero attached hydrogens (tertiary/aromatic N) is 1. The van der Waals surface area contributed by atoms with E-state index in [-0.39, 0.29) is 36.2 Å². The van der Waals surface area contributed by atoms with Crippen LogP contribution in [0.1, 0.15) is 232 Å². The SMILES string of the molecule is CCCCC/C=C\CCCCCCCC(=O)OC(COCCC(C(=O)O)[N+](C)(C)C)COC(=O)CCCCCCCCCCCCCCCCCCCCCCC. The van der Waals surface area contributed by atoms with Crippen LogP contribution in [0, 0.1) is 0 Å². The zero-order valence-corrected chi connectivity index (χ0v) is 38.3. The Morgan fingerprint density at radius 2 is 0.877 bits per heavy atom. The first-order chi connectivity index (χ1) is 27.6. The highest BCUT2D eigenvalue weighted by molar-refractivity contribution is 5.72. The van der Waals surface area contributed by atoms with Crippen LogP contribution in [0.5, 0.6) is 0 Å². The van der Waals surface area contributed by atoms with E-state index >= 15 is 0 Å². The summed E-state index contributed by atoms with van der Waals surface area (Å²) >= 11 is 0. The Morgan fingerprint density at radius 3 is 1.30 bits per heavy atom. The number of hydrogen-bond acceptors (Lipinski definition) is 6. The van der Waals surface area contributed by atoms with Crippen molar-refractivity contribution in [3.63, 3.8) is 0 Å². The molecule has 57 heavy (non-hydrogen) atoms. The van der Waals surface area contributed by atoms with Gasteiger partial charge in [-0.3, -0.25) is 9.59 Å². The summed E-state index contributed by atoms with van der Waals surface area (Å²) in [5.74, 6) is -1.46. The van der Waals surface area contributed by atoms with Crippen LogP contribution < -0.4 is 0 Å². The van der Waals surface area contributed by atoms with Crippen molar-refractivity contribution >= 4 is 17.9 Å². The third-order valence-electron chi connectivity index (χ3n) is 11.2. The van der Waals surface area contributed by atoms with E-state index in [1.807, 2.05) is 21.1 Å². The van der Waals surface area contributed by atoms with Gasteiger partial charge in [0.15, 0.2) is 12.1 Å². The summed E-state index contributed by atoms with van der Waals surface area (Å²) in [6.07, 6.45) is 44.0. The van der Waals surface area contributed by atoms with Crippen molar-refractivity contribution in [2.24, 2.45) is 0 Å². The Balaban J connectivity index is 4.17. The van der Waals surface area contributed by atoms with E-state index in [0.717, 1.165) is 51.4 Å². The van der Waals surface area contributed by atoms with Crippen LogP contribution in [-0.2, 0) is 28.6 Å². The molecule has 0 amide bonds. The molecule has 0 fully saturated rings. The number of allylic oxidation sites excluding steroid dienone is 2. The van der Waals surface area contributed by atoms with Gasteiger partial charge in [0.2, 0.25) is 0 Å². The third-order valence-corrected chi connectivity index (χ3v) is 11.2. The molecule has 0 rings (SSSR count). The molecule has 0 spiro atoms. The maximum Gasteiger partial charge on any atom is 0.362 e. The maximum atomic E-state index is 12.7. The molecule has 0 heterocycles. The molecule has 0 radical (unpaired) electrons. The summed E-state index contributed by atoms with van der Waals surface area (Å²) < 4.78 is 17.3. The number of esters is 2. The largest absolute Gasteiger partial charge is 0.477 e. The minimum Gasteiger partial charge on any atom is -0.477 e. The van der Waals surface area contributed by atoms with Crippen molar-refractivity contribution < 1.29 is 38.2 Å². The molecule has 2 unspecified atom stereocenters. The Labute approximate surface area is 352 Å². The predicted octanol–water partition coefficient (Wildman–Crippen LogP) is 13.5. The van der Waals surface area contributed by atoms with E-state index in [1.54, 1.807) is 0 Å². The molecular weight excluding hydrogens is 715 g/mol. The molecule has 0 aliphatic heterocycles. The molecule has 8 heteroatoms. The Morgan fingerprint density at radius 1 is 0.509 bits per heavy atom. The summed E-state index contributed by atoms with van der Waals surface area (Å²) in [6, 6.07) is -0.612. The Kier molecular flexibility index (Phi) is 39.4. The van der Waals surface area contributed by atoms with Crippen LogP contribution in [0.15, 0.2) is 12.2 Å². The predicted molar refractivity (Wildman–Crippen MR) is 239 cm³/mol. The van der Waals surface area contributed by atoms with E-state index in [2.05, 4.69) is 26.0 Å². The van der Waals surface area contributed by atoms with Crippen LogP contribution in [0.4, 0.5) is 0 Å². The molecule has 2 atom stereocenters. The number of likely N-dealkylation sites (N-methyl/N-ethyl adjacent to an activating group) is 1. The molecule has 1 N–H and O–H groups in total. The molecule has 8 nitrogen and oxygen atoms in total. The van der Waals surface area contributed by atoms with Crippen LogP contribution in [0.25, 0.3) is 0 Å². The van der Waals surface area contributed by atoms with Crippen molar-refractivity contribution in [3.8, 4) is 0 Å². The van der Waals surface area contributed by atoms with E-state index in [4.69, 9.17) is 14.2 Å². The summed E-state index contributed by atoms with van der Waals surface area (Å²) in [6.45, 7) is 4.74. The number of carbonyl (C=O) groups is 3. The van der Waals surface area contributed by atoms with Crippen molar-refractivity contribution in [3.05, 3.63) is 12.2 Å². The second-order valence-electron chi connectivity index (χ2n) is 17.7. The van der Waals surface area contributed by atoms with Gasteiger partial charge in [-0.15, -0.1) is 0 Å². The number of hydrogen-bond donors (Lipinski definition) is 1. The molecule has 0 bridgehead atoms. The fourth-order valence-corrected chi connectivity index (χ4v) is 7.38. The molecule has 0 saturated carbocycles. The van der Waals surface area contributed by atoms with Crippen LogP contribution in [0.3, 0.4) is 0 Å². The van der Waals surface area contributed by atoms with Gasteiger partial charge in [0.25, 0.3) is 0 Å². The number of carboxylic acids is 1. The fourth-order valence-electron chi connectivity index (χ4n) is 7.38. The zero-order chi connectivity index (χ0) is 42.1. The maximum absolute atomic E-state index is 12.7. The van der Waals surface area contributed by atoms with E-state index in [9.17, 15) is 19.5 Å². The Hall–Kier alpha value is -1.93. The molecule has 0 aliphatic rings. The molecule has 0 aromatic rings. The highest BCUT2D eigenvalue weighted by Gasteiger charge is 2.31. The quantitative estimate of drug-likeness (QED) is 0.0283.